The molecule has 1 aliphatic carbocycles. The maximum Gasteiger partial charge on any atom is 0.272 e. The fraction of sp³-hybridized carbons (Fsp3) is 0.300. The van der Waals surface area contributed by atoms with Crippen molar-refractivity contribution in [2.45, 2.75) is 37.8 Å². The van der Waals surface area contributed by atoms with Gasteiger partial charge >= 0.3 is 0 Å². The predicted octanol–water partition coefficient (Wildman–Crippen LogP) is 3.60. The first-order valence-corrected chi connectivity index (χ1v) is 9.84. The zero-order chi connectivity index (χ0) is 17.9. The molecule has 0 aliphatic heterocycles. The number of hydrogen-bond donors (Lipinski definition) is 2. The summed E-state index contributed by atoms with van der Waals surface area (Å²) < 4.78 is 1.84. The van der Waals surface area contributed by atoms with Crippen molar-refractivity contribution in [1.82, 2.24) is 15.1 Å². The molecule has 1 fully saturated rings. The van der Waals surface area contributed by atoms with Crippen molar-refractivity contribution in [2.24, 2.45) is 5.73 Å². The van der Waals surface area contributed by atoms with E-state index in [0.717, 1.165) is 41.9 Å². The second kappa shape index (κ2) is 7.43. The Morgan fingerprint density at radius 1 is 1.12 bits per heavy atom. The molecule has 0 saturated heterocycles. The minimum absolute atomic E-state index is 0.113. The third kappa shape index (κ3) is 3.57. The van der Waals surface area contributed by atoms with E-state index in [1.54, 1.807) is 11.3 Å². The molecule has 1 amide bonds. The molecule has 0 bridgehead atoms. The van der Waals surface area contributed by atoms with Gasteiger partial charge in [-0.15, -0.1) is 11.3 Å². The molecule has 26 heavy (non-hydrogen) atoms. The first kappa shape index (κ1) is 17.0. The molecule has 6 heteroatoms. The lowest BCUT2D eigenvalue weighted by atomic mass is 9.92. The molecular formula is C20H22N4OS. The largest absolute Gasteiger partial charge is 0.348 e. The van der Waals surface area contributed by atoms with Crippen LogP contribution in [-0.2, 0) is 0 Å². The summed E-state index contributed by atoms with van der Waals surface area (Å²) in [5, 5.41) is 9.76. The van der Waals surface area contributed by atoms with Gasteiger partial charge in [0.05, 0.1) is 16.3 Å². The maximum atomic E-state index is 12.7. The van der Waals surface area contributed by atoms with Crippen LogP contribution >= 0.6 is 11.3 Å². The second-order valence-electron chi connectivity index (χ2n) is 6.72. The summed E-state index contributed by atoms with van der Waals surface area (Å²) in [6.45, 7) is 0. The number of carbonyl (C=O) groups excluding carboxylic acids is 1. The maximum absolute atomic E-state index is 12.7. The van der Waals surface area contributed by atoms with Crippen LogP contribution in [0.25, 0.3) is 16.3 Å². The van der Waals surface area contributed by atoms with Gasteiger partial charge in [0.25, 0.3) is 5.91 Å². The van der Waals surface area contributed by atoms with Gasteiger partial charge in [-0.3, -0.25) is 4.79 Å². The van der Waals surface area contributed by atoms with Crippen LogP contribution in [0.1, 0.15) is 36.2 Å². The number of para-hydroxylation sites is 1. The molecular weight excluding hydrogens is 344 g/mol. The standard InChI is InChI=1S/C20H22N4OS/c21-14-8-10-15(11-9-14)22-20(25)17-13-18(19-7-4-12-26-19)24(23-17)16-5-2-1-3-6-16/h1-7,12-15H,8-11,21H2,(H,22,25). The SMILES string of the molecule is NC1CCC(NC(=O)c2cc(-c3cccs3)n(-c3ccccc3)n2)CC1. The van der Waals surface area contributed by atoms with Gasteiger partial charge in [0.1, 0.15) is 0 Å². The highest BCUT2D eigenvalue weighted by atomic mass is 32.1. The molecule has 1 saturated carbocycles. The summed E-state index contributed by atoms with van der Waals surface area (Å²) in [6.07, 6.45) is 3.79. The van der Waals surface area contributed by atoms with Gasteiger partial charge in [-0.1, -0.05) is 24.3 Å². The van der Waals surface area contributed by atoms with Crippen LogP contribution in [0.3, 0.4) is 0 Å². The Morgan fingerprint density at radius 2 is 1.88 bits per heavy atom. The third-order valence-electron chi connectivity index (χ3n) is 4.82. The van der Waals surface area contributed by atoms with E-state index in [4.69, 9.17) is 5.73 Å². The molecule has 0 atom stereocenters. The van der Waals surface area contributed by atoms with Gasteiger partial charge in [0, 0.05) is 12.1 Å². The summed E-state index contributed by atoms with van der Waals surface area (Å²) in [5.74, 6) is -0.113. The number of benzene rings is 1. The first-order valence-electron chi connectivity index (χ1n) is 8.96. The molecule has 3 N–H and O–H groups in total. The van der Waals surface area contributed by atoms with E-state index in [-0.39, 0.29) is 18.0 Å². The summed E-state index contributed by atoms with van der Waals surface area (Å²) in [7, 11) is 0. The molecule has 5 nitrogen and oxygen atoms in total. The highest BCUT2D eigenvalue weighted by molar-refractivity contribution is 7.13. The van der Waals surface area contributed by atoms with Crippen LogP contribution in [0.4, 0.5) is 0 Å². The van der Waals surface area contributed by atoms with Gasteiger partial charge in [0.15, 0.2) is 5.69 Å². The molecule has 1 aliphatic rings. The van der Waals surface area contributed by atoms with Crippen molar-refractivity contribution in [1.29, 1.82) is 0 Å². The predicted molar refractivity (Wildman–Crippen MR) is 105 cm³/mol. The van der Waals surface area contributed by atoms with Crippen LogP contribution in [0.2, 0.25) is 0 Å². The van der Waals surface area contributed by atoms with E-state index in [0.29, 0.717) is 5.69 Å². The van der Waals surface area contributed by atoms with E-state index < -0.39 is 0 Å². The van der Waals surface area contributed by atoms with Crippen LogP contribution in [0.15, 0.2) is 53.9 Å². The zero-order valence-electron chi connectivity index (χ0n) is 14.5. The zero-order valence-corrected chi connectivity index (χ0v) is 15.3. The van der Waals surface area contributed by atoms with Gasteiger partial charge in [-0.25, -0.2) is 4.68 Å². The van der Waals surface area contributed by atoms with E-state index in [1.165, 1.54) is 0 Å². The van der Waals surface area contributed by atoms with Gasteiger partial charge in [-0.05, 0) is 55.3 Å². The number of aromatic nitrogens is 2. The summed E-state index contributed by atoms with van der Waals surface area (Å²) in [6, 6.07) is 16.3. The first-order chi connectivity index (χ1) is 12.7. The Kier molecular flexibility index (Phi) is 4.86. The van der Waals surface area contributed by atoms with E-state index in [9.17, 15) is 4.79 Å². The number of thiophene rings is 1. The second-order valence-corrected chi connectivity index (χ2v) is 7.67. The van der Waals surface area contributed by atoms with Gasteiger partial charge in [0.2, 0.25) is 0 Å². The van der Waals surface area contributed by atoms with Crippen molar-refractivity contribution < 1.29 is 4.79 Å². The lowest BCUT2D eigenvalue weighted by Gasteiger charge is -2.26. The smallest absolute Gasteiger partial charge is 0.272 e. The highest BCUT2D eigenvalue weighted by Gasteiger charge is 2.23. The summed E-state index contributed by atoms with van der Waals surface area (Å²) in [5.41, 5.74) is 8.28. The van der Waals surface area contributed by atoms with Crippen LogP contribution in [-0.4, -0.2) is 27.8 Å². The number of rotatable bonds is 4. The normalized spacial score (nSPS) is 20.0. The lowest BCUT2D eigenvalue weighted by molar-refractivity contribution is 0.0920. The molecule has 3 aromatic rings. The third-order valence-corrected chi connectivity index (χ3v) is 5.72. The van der Waals surface area contributed by atoms with Crippen LogP contribution in [0, 0.1) is 0 Å². The molecule has 0 spiro atoms. The molecule has 0 radical (unpaired) electrons. The Hall–Kier alpha value is -2.44. The monoisotopic (exact) mass is 366 g/mol. The number of hydrogen-bond acceptors (Lipinski definition) is 4. The summed E-state index contributed by atoms with van der Waals surface area (Å²) in [4.78, 5) is 13.8. The average molecular weight is 366 g/mol. The van der Waals surface area contributed by atoms with E-state index >= 15 is 0 Å². The van der Waals surface area contributed by atoms with Crippen molar-refractivity contribution in [3.05, 3.63) is 59.6 Å². The Balaban J connectivity index is 1.62. The Labute approximate surface area is 156 Å². The molecule has 134 valence electrons. The minimum Gasteiger partial charge on any atom is -0.348 e. The number of carbonyl (C=O) groups is 1. The van der Waals surface area contributed by atoms with Crippen molar-refractivity contribution in [3.8, 4) is 16.3 Å². The highest BCUT2D eigenvalue weighted by Crippen LogP contribution is 2.28. The molecule has 2 aromatic heterocycles. The molecule has 4 rings (SSSR count). The van der Waals surface area contributed by atoms with E-state index in [1.807, 2.05) is 58.6 Å². The number of nitrogens with one attached hydrogen (secondary N) is 1. The molecule has 0 unspecified atom stereocenters. The fourth-order valence-corrected chi connectivity index (χ4v) is 4.11. The number of nitrogens with zero attached hydrogens (tertiary/aromatic N) is 2. The van der Waals surface area contributed by atoms with Crippen molar-refractivity contribution in [3.63, 3.8) is 0 Å². The summed E-state index contributed by atoms with van der Waals surface area (Å²) >= 11 is 1.64. The average Bonchev–Trinajstić information content (AvgIpc) is 3.34. The quantitative estimate of drug-likeness (QED) is 0.741. The van der Waals surface area contributed by atoms with Crippen molar-refractivity contribution in [2.75, 3.05) is 0 Å². The topological polar surface area (TPSA) is 72.9 Å². The van der Waals surface area contributed by atoms with Gasteiger partial charge in [-0.2, -0.15) is 5.10 Å². The Morgan fingerprint density at radius 3 is 2.58 bits per heavy atom. The Bertz CT molecular complexity index is 865. The number of nitrogens with two attached hydrogens (primary N) is 1. The van der Waals surface area contributed by atoms with Gasteiger partial charge < -0.3 is 11.1 Å². The van der Waals surface area contributed by atoms with Crippen LogP contribution in [0.5, 0.6) is 0 Å². The molecule has 1 aromatic carbocycles. The minimum atomic E-state index is -0.113. The van der Waals surface area contributed by atoms with Crippen molar-refractivity contribution >= 4 is 17.2 Å². The number of amides is 1. The van der Waals surface area contributed by atoms with Crippen LogP contribution < -0.4 is 11.1 Å². The van der Waals surface area contributed by atoms with E-state index in [2.05, 4.69) is 10.4 Å². The fourth-order valence-electron chi connectivity index (χ4n) is 3.38. The molecule has 2 heterocycles. The lowest BCUT2D eigenvalue weighted by Crippen LogP contribution is -2.40.